The second-order valence-corrected chi connectivity index (χ2v) is 8.01. The molecule has 2 aliphatic rings. The number of non-ortho nitro benzene ring substituents is 1. The third-order valence-corrected chi connectivity index (χ3v) is 6.01. The van der Waals surface area contributed by atoms with Crippen LogP contribution in [0, 0.1) is 10.1 Å². The Balaban J connectivity index is 1.71. The molecule has 1 fully saturated rings. The van der Waals surface area contributed by atoms with Gasteiger partial charge in [-0.25, -0.2) is 0 Å². The van der Waals surface area contributed by atoms with Crippen LogP contribution in [0.2, 0.25) is 0 Å². The molecule has 1 heterocycles. The van der Waals surface area contributed by atoms with Crippen LogP contribution in [-0.2, 0) is 9.53 Å². The standard InChI is InChI=1S/C26H21N3O5/c30-25(17-6-2-1-3-7-17)27-24(26(31)28-12-14-34-15-13-28)23-21-9-5-4-8-19(21)20-11-10-18(29(32)33)16-22(20)23/h1-11,16H,12-15H2,(H,27,30)/b24-23+. The van der Waals surface area contributed by atoms with E-state index < -0.39 is 10.8 Å². The van der Waals surface area contributed by atoms with Gasteiger partial charge in [-0.05, 0) is 40.5 Å². The summed E-state index contributed by atoms with van der Waals surface area (Å²) in [6.45, 7) is 1.58. The minimum absolute atomic E-state index is 0.0865. The lowest BCUT2D eigenvalue weighted by Crippen LogP contribution is -2.44. The average molecular weight is 455 g/mol. The zero-order valence-electron chi connectivity index (χ0n) is 18.2. The van der Waals surface area contributed by atoms with Crippen LogP contribution in [0.25, 0.3) is 16.7 Å². The number of hydrogen-bond donors (Lipinski definition) is 1. The smallest absolute Gasteiger partial charge is 0.271 e. The van der Waals surface area contributed by atoms with E-state index >= 15 is 0 Å². The number of carbonyl (C=O) groups is 2. The van der Waals surface area contributed by atoms with Gasteiger partial charge >= 0.3 is 0 Å². The van der Waals surface area contributed by atoms with E-state index in [0.717, 1.165) is 16.7 Å². The van der Waals surface area contributed by atoms with E-state index in [9.17, 15) is 19.7 Å². The van der Waals surface area contributed by atoms with Gasteiger partial charge in [-0.2, -0.15) is 0 Å². The van der Waals surface area contributed by atoms with Crippen LogP contribution in [0.1, 0.15) is 21.5 Å². The highest BCUT2D eigenvalue weighted by Gasteiger charge is 2.33. The van der Waals surface area contributed by atoms with Crippen molar-refractivity contribution in [2.45, 2.75) is 0 Å². The number of rotatable bonds is 4. The molecule has 0 saturated carbocycles. The number of hydrogen-bond acceptors (Lipinski definition) is 5. The summed E-state index contributed by atoms with van der Waals surface area (Å²) in [5.41, 5.74) is 3.81. The third-order valence-electron chi connectivity index (χ3n) is 6.01. The summed E-state index contributed by atoms with van der Waals surface area (Å²) in [6.07, 6.45) is 0. The topological polar surface area (TPSA) is 102 Å². The quantitative estimate of drug-likeness (QED) is 0.288. The summed E-state index contributed by atoms with van der Waals surface area (Å²) in [5, 5.41) is 14.4. The molecule has 0 spiro atoms. The molecule has 1 saturated heterocycles. The van der Waals surface area contributed by atoms with Gasteiger partial charge in [0.05, 0.1) is 18.1 Å². The van der Waals surface area contributed by atoms with Gasteiger partial charge in [-0.1, -0.05) is 42.5 Å². The molecular formula is C26H21N3O5. The van der Waals surface area contributed by atoms with Crippen LogP contribution >= 0.6 is 0 Å². The molecule has 8 nitrogen and oxygen atoms in total. The molecule has 170 valence electrons. The van der Waals surface area contributed by atoms with Crippen molar-refractivity contribution in [3.05, 3.63) is 105 Å². The van der Waals surface area contributed by atoms with E-state index in [2.05, 4.69) is 5.32 Å². The predicted octanol–water partition coefficient (Wildman–Crippen LogP) is 3.62. The highest BCUT2D eigenvalue weighted by atomic mass is 16.6. The Kier molecular flexibility index (Phi) is 5.65. The van der Waals surface area contributed by atoms with Crippen molar-refractivity contribution < 1.29 is 19.2 Å². The van der Waals surface area contributed by atoms with Crippen molar-refractivity contribution in [1.82, 2.24) is 10.2 Å². The van der Waals surface area contributed by atoms with Gasteiger partial charge in [-0.3, -0.25) is 19.7 Å². The highest BCUT2D eigenvalue weighted by Crippen LogP contribution is 2.46. The summed E-state index contributed by atoms with van der Waals surface area (Å²) < 4.78 is 5.39. The van der Waals surface area contributed by atoms with Gasteiger partial charge in [0.2, 0.25) is 0 Å². The summed E-state index contributed by atoms with van der Waals surface area (Å²) in [5.74, 6) is -0.780. The molecule has 0 aromatic heterocycles. The number of amides is 2. The van der Waals surface area contributed by atoms with E-state index in [1.807, 2.05) is 24.3 Å². The second-order valence-electron chi connectivity index (χ2n) is 8.01. The Morgan fingerprint density at radius 2 is 1.50 bits per heavy atom. The van der Waals surface area contributed by atoms with Crippen LogP contribution in [0.4, 0.5) is 5.69 Å². The van der Waals surface area contributed by atoms with E-state index in [1.54, 1.807) is 41.3 Å². The molecule has 1 aliphatic carbocycles. The van der Waals surface area contributed by atoms with Gasteiger partial charge in [0, 0.05) is 36.4 Å². The van der Waals surface area contributed by atoms with Crippen LogP contribution in [0.15, 0.2) is 78.5 Å². The summed E-state index contributed by atoms with van der Waals surface area (Å²) >= 11 is 0. The van der Waals surface area contributed by atoms with E-state index in [0.29, 0.717) is 43.0 Å². The number of fused-ring (bicyclic) bond motifs is 3. The molecule has 3 aromatic rings. The van der Waals surface area contributed by atoms with Crippen molar-refractivity contribution >= 4 is 23.1 Å². The Morgan fingerprint density at radius 3 is 2.21 bits per heavy atom. The first-order chi connectivity index (χ1) is 16.5. The van der Waals surface area contributed by atoms with Crippen LogP contribution in [0.3, 0.4) is 0 Å². The number of morpholine rings is 1. The summed E-state index contributed by atoms with van der Waals surface area (Å²) in [7, 11) is 0. The molecule has 5 rings (SSSR count). The third kappa shape index (κ3) is 3.84. The van der Waals surface area contributed by atoms with Gasteiger partial charge in [0.25, 0.3) is 17.5 Å². The Bertz CT molecular complexity index is 1330. The SMILES string of the molecule is O=C(N/C(C(=O)N1CCOCC1)=C1\c2ccccc2-c2ccc([N+](=O)[O-])cc21)c1ccccc1. The lowest BCUT2D eigenvalue weighted by molar-refractivity contribution is -0.384. The van der Waals surface area contributed by atoms with E-state index in [1.165, 1.54) is 12.1 Å². The van der Waals surface area contributed by atoms with Crippen molar-refractivity contribution in [1.29, 1.82) is 0 Å². The first-order valence-electron chi connectivity index (χ1n) is 10.9. The normalized spacial score (nSPS) is 15.8. The molecule has 3 aromatic carbocycles. The van der Waals surface area contributed by atoms with E-state index in [-0.39, 0.29) is 17.3 Å². The average Bonchev–Trinajstić information content (AvgIpc) is 3.21. The molecular weight excluding hydrogens is 434 g/mol. The largest absolute Gasteiger partial charge is 0.378 e. The minimum Gasteiger partial charge on any atom is -0.378 e. The van der Waals surface area contributed by atoms with Crippen molar-refractivity contribution in [2.75, 3.05) is 26.3 Å². The Morgan fingerprint density at radius 1 is 0.853 bits per heavy atom. The van der Waals surface area contributed by atoms with Gasteiger partial charge in [0.1, 0.15) is 5.70 Å². The molecule has 0 radical (unpaired) electrons. The molecule has 0 atom stereocenters. The number of benzene rings is 3. The molecule has 0 unspecified atom stereocenters. The number of nitro benzene ring substituents is 1. The van der Waals surface area contributed by atoms with Crippen molar-refractivity contribution in [2.24, 2.45) is 0 Å². The lowest BCUT2D eigenvalue weighted by atomic mass is 10.00. The Hall–Kier alpha value is -4.30. The zero-order chi connectivity index (χ0) is 23.7. The number of carbonyl (C=O) groups excluding carboxylic acids is 2. The maximum Gasteiger partial charge on any atom is 0.271 e. The molecule has 2 amide bonds. The van der Waals surface area contributed by atoms with Gasteiger partial charge in [0.15, 0.2) is 0 Å². The summed E-state index contributed by atoms with van der Waals surface area (Å²) in [6, 6.07) is 20.7. The van der Waals surface area contributed by atoms with Gasteiger partial charge < -0.3 is 15.0 Å². The highest BCUT2D eigenvalue weighted by molar-refractivity contribution is 6.14. The maximum absolute atomic E-state index is 13.8. The van der Waals surface area contributed by atoms with Crippen LogP contribution < -0.4 is 5.32 Å². The predicted molar refractivity (Wildman–Crippen MR) is 126 cm³/mol. The molecule has 8 heteroatoms. The van der Waals surface area contributed by atoms with Gasteiger partial charge in [-0.15, -0.1) is 0 Å². The molecule has 1 aliphatic heterocycles. The van der Waals surface area contributed by atoms with Crippen molar-refractivity contribution in [3.63, 3.8) is 0 Å². The minimum atomic E-state index is -0.465. The lowest BCUT2D eigenvalue weighted by Gasteiger charge is -2.28. The maximum atomic E-state index is 13.8. The fourth-order valence-electron chi connectivity index (χ4n) is 4.36. The first-order valence-corrected chi connectivity index (χ1v) is 10.9. The number of ether oxygens (including phenoxy) is 1. The Labute approximate surface area is 195 Å². The molecule has 34 heavy (non-hydrogen) atoms. The first kappa shape index (κ1) is 21.5. The fourth-order valence-corrected chi connectivity index (χ4v) is 4.36. The van der Waals surface area contributed by atoms with Crippen molar-refractivity contribution in [3.8, 4) is 11.1 Å². The van der Waals surface area contributed by atoms with Crippen LogP contribution in [0.5, 0.6) is 0 Å². The van der Waals surface area contributed by atoms with Crippen LogP contribution in [-0.4, -0.2) is 47.9 Å². The zero-order valence-corrected chi connectivity index (χ0v) is 18.2. The second kappa shape index (κ2) is 8.92. The molecule has 1 N–H and O–H groups in total. The number of nitrogens with zero attached hydrogens (tertiary/aromatic N) is 2. The van der Waals surface area contributed by atoms with E-state index in [4.69, 9.17) is 4.74 Å². The monoisotopic (exact) mass is 455 g/mol. The number of nitro groups is 1. The summed E-state index contributed by atoms with van der Waals surface area (Å²) in [4.78, 5) is 39.6. The fraction of sp³-hybridized carbons (Fsp3) is 0.154. The number of nitrogens with one attached hydrogen (secondary N) is 1. The molecule has 0 bridgehead atoms.